The lowest BCUT2D eigenvalue weighted by molar-refractivity contribution is 0.0194. The molecule has 0 aromatic heterocycles. The molecule has 0 heterocycles. The van der Waals surface area contributed by atoms with Crippen LogP contribution in [0.4, 0.5) is 8.78 Å². The van der Waals surface area contributed by atoms with Crippen molar-refractivity contribution in [2.45, 2.75) is 30.7 Å². The molecule has 0 bridgehead atoms. The van der Waals surface area contributed by atoms with Crippen LogP contribution in [-0.2, 0) is 6.54 Å². The van der Waals surface area contributed by atoms with E-state index in [4.69, 9.17) is 5.73 Å². The van der Waals surface area contributed by atoms with Gasteiger partial charge in [-0.05, 0) is 18.6 Å². The van der Waals surface area contributed by atoms with Crippen molar-refractivity contribution in [2.75, 3.05) is 5.75 Å². The SMILES string of the molecule is CC(F)(F)CCSc1ccccc1CN. The van der Waals surface area contributed by atoms with Gasteiger partial charge >= 0.3 is 0 Å². The van der Waals surface area contributed by atoms with E-state index in [-0.39, 0.29) is 6.42 Å². The molecule has 0 aliphatic carbocycles. The largest absolute Gasteiger partial charge is 0.326 e. The first-order valence-electron chi connectivity index (χ1n) is 4.81. The van der Waals surface area contributed by atoms with Crippen LogP contribution in [0.2, 0.25) is 0 Å². The molecule has 1 aromatic carbocycles. The maximum Gasteiger partial charge on any atom is 0.246 e. The third kappa shape index (κ3) is 4.62. The summed E-state index contributed by atoms with van der Waals surface area (Å²) in [7, 11) is 0. The van der Waals surface area contributed by atoms with Gasteiger partial charge in [-0.3, -0.25) is 0 Å². The van der Waals surface area contributed by atoms with Gasteiger partial charge in [-0.1, -0.05) is 18.2 Å². The van der Waals surface area contributed by atoms with Crippen LogP contribution in [-0.4, -0.2) is 11.7 Å². The quantitative estimate of drug-likeness (QED) is 0.787. The first-order valence-corrected chi connectivity index (χ1v) is 5.80. The van der Waals surface area contributed by atoms with E-state index in [1.54, 1.807) is 0 Å². The van der Waals surface area contributed by atoms with E-state index in [1.807, 2.05) is 24.3 Å². The van der Waals surface area contributed by atoms with Gasteiger partial charge < -0.3 is 5.73 Å². The highest BCUT2D eigenvalue weighted by Gasteiger charge is 2.20. The Kier molecular flexibility index (Phi) is 4.54. The lowest BCUT2D eigenvalue weighted by Crippen LogP contribution is -2.10. The summed E-state index contributed by atoms with van der Waals surface area (Å²) in [5.74, 6) is -2.16. The highest BCUT2D eigenvalue weighted by atomic mass is 32.2. The van der Waals surface area contributed by atoms with Gasteiger partial charge in [-0.2, -0.15) is 0 Å². The molecule has 1 rings (SSSR count). The Morgan fingerprint density at radius 3 is 2.60 bits per heavy atom. The lowest BCUT2D eigenvalue weighted by atomic mass is 10.2. The van der Waals surface area contributed by atoms with Gasteiger partial charge in [0, 0.05) is 23.6 Å². The summed E-state index contributed by atoms with van der Waals surface area (Å²) in [6.45, 7) is 1.40. The van der Waals surface area contributed by atoms with E-state index in [0.29, 0.717) is 12.3 Å². The number of rotatable bonds is 5. The van der Waals surface area contributed by atoms with Crippen molar-refractivity contribution >= 4 is 11.8 Å². The summed E-state index contributed by atoms with van der Waals surface area (Å²) in [4.78, 5) is 1.00. The summed E-state index contributed by atoms with van der Waals surface area (Å²) < 4.78 is 25.1. The zero-order valence-corrected chi connectivity index (χ0v) is 9.49. The average Bonchev–Trinajstić information content (AvgIpc) is 2.16. The van der Waals surface area contributed by atoms with E-state index < -0.39 is 5.92 Å². The van der Waals surface area contributed by atoms with Gasteiger partial charge in [-0.25, -0.2) is 8.78 Å². The zero-order valence-electron chi connectivity index (χ0n) is 8.67. The molecule has 2 N–H and O–H groups in total. The molecular weight excluding hydrogens is 216 g/mol. The maximum absolute atomic E-state index is 12.6. The Morgan fingerprint density at radius 1 is 1.33 bits per heavy atom. The highest BCUT2D eigenvalue weighted by Crippen LogP contribution is 2.26. The van der Waals surface area contributed by atoms with E-state index in [2.05, 4.69) is 0 Å². The van der Waals surface area contributed by atoms with Crippen LogP contribution < -0.4 is 5.73 Å². The smallest absolute Gasteiger partial charge is 0.246 e. The van der Waals surface area contributed by atoms with Crippen molar-refractivity contribution in [3.63, 3.8) is 0 Å². The minimum Gasteiger partial charge on any atom is -0.326 e. The Bertz CT molecular complexity index is 310. The lowest BCUT2D eigenvalue weighted by Gasteiger charge is -2.10. The van der Waals surface area contributed by atoms with Gasteiger partial charge in [0.2, 0.25) is 5.92 Å². The monoisotopic (exact) mass is 231 g/mol. The van der Waals surface area contributed by atoms with Gasteiger partial charge in [0.05, 0.1) is 0 Å². The molecule has 1 nitrogen and oxygen atoms in total. The number of halogens is 2. The second kappa shape index (κ2) is 5.47. The predicted molar refractivity (Wildman–Crippen MR) is 60.3 cm³/mol. The minimum absolute atomic E-state index is 0.101. The van der Waals surface area contributed by atoms with Crippen molar-refractivity contribution in [1.29, 1.82) is 0 Å². The predicted octanol–water partition coefficient (Wildman–Crippen LogP) is 3.28. The highest BCUT2D eigenvalue weighted by molar-refractivity contribution is 7.99. The Labute approximate surface area is 93.1 Å². The van der Waals surface area contributed by atoms with Crippen molar-refractivity contribution in [2.24, 2.45) is 5.73 Å². The van der Waals surface area contributed by atoms with E-state index in [1.165, 1.54) is 11.8 Å². The van der Waals surface area contributed by atoms with Crippen LogP contribution in [0.25, 0.3) is 0 Å². The normalized spacial score (nSPS) is 11.7. The Morgan fingerprint density at radius 2 is 2.00 bits per heavy atom. The molecule has 0 saturated carbocycles. The van der Waals surface area contributed by atoms with E-state index in [0.717, 1.165) is 17.4 Å². The molecule has 0 amide bonds. The summed E-state index contributed by atoms with van der Waals surface area (Å²) in [5.41, 5.74) is 6.56. The number of hydrogen-bond acceptors (Lipinski definition) is 2. The number of benzene rings is 1. The first-order chi connectivity index (χ1) is 7.03. The minimum atomic E-state index is -2.58. The average molecular weight is 231 g/mol. The molecule has 0 aliphatic rings. The molecule has 0 radical (unpaired) electrons. The van der Waals surface area contributed by atoms with Gasteiger partial charge in [0.15, 0.2) is 0 Å². The second-order valence-corrected chi connectivity index (χ2v) is 4.62. The van der Waals surface area contributed by atoms with Crippen LogP contribution in [0.3, 0.4) is 0 Å². The third-order valence-electron chi connectivity index (χ3n) is 1.99. The summed E-state index contributed by atoms with van der Waals surface area (Å²) in [6.07, 6.45) is -0.101. The third-order valence-corrected chi connectivity index (χ3v) is 3.11. The summed E-state index contributed by atoms with van der Waals surface area (Å²) in [5, 5.41) is 0. The van der Waals surface area contributed by atoms with Gasteiger partial charge in [0.1, 0.15) is 0 Å². The van der Waals surface area contributed by atoms with Crippen LogP contribution in [0.5, 0.6) is 0 Å². The fourth-order valence-electron chi connectivity index (χ4n) is 1.15. The topological polar surface area (TPSA) is 26.0 Å². The number of nitrogens with two attached hydrogens (primary N) is 1. The molecule has 0 fully saturated rings. The number of hydrogen-bond donors (Lipinski definition) is 1. The fourth-order valence-corrected chi connectivity index (χ4v) is 2.35. The summed E-state index contributed by atoms with van der Waals surface area (Å²) in [6, 6.07) is 7.64. The van der Waals surface area contributed by atoms with Crippen LogP contribution >= 0.6 is 11.8 Å². The number of thioether (sulfide) groups is 1. The second-order valence-electron chi connectivity index (χ2n) is 3.48. The molecule has 4 heteroatoms. The van der Waals surface area contributed by atoms with Crippen LogP contribution in [0.1, 0.15) is 18.9 Å². The van der Waals surface area contributed by atoms with Crippen LogP contribution in [0.15, 0.2) is 29.2 Å². The fraction of sp³-hybridized carbons (Fsp3) is 0.455. The molecule has 84 valence electrons. The Hall–Kier alpha value is -0.610. The van der Waals surface area contributed by atoms with Crippen molar-refractivity contribution < 1.29 is 8.78 Å². The van der Waals surface area contributed by atoms with E-state index in [9.17, 15) is 8.78 Å². The number of alkyl halides is 2. The molecule has 0 saturated heterocycles. The van der Waals surface area contributed by atoms with Crippen LogP contribution in [0, 0.1) is 0 Å². The molecular formula is C11H15F2NS. The molecule has 15 heavy (non-hydrogen) atoms. The van der Waals surface area contributed by atoms with Crippen molar-refractivity contribution in [3.8, 4) is 0 Å². The van der Waals surface area contributed by atoms with Crippen molar-refractivity contribution in [3.05, 3.63) is 29.8 Å². The van der Waals surface area contributed by atoms with Crippen molar-refractivity contribution in [1.82, 2.24) is 0 Å². The van der Waals surface area contributed by atoms with E-state index >= 15 is 0 Å². The molecule has 0 unspecified atom stereocenters. The molecule has 0 aliphatic heterocycles. The zero-order chi connectivity index (χ0) is 11.3. The van der Waals surface area contributed by atoms with Gasteiger partial charge in [-0.15, -0.1) is 11.8 Å². The standard InChI is InChI=1S/C11H15F2NS/c1-11(12,13)6-7-15-10-5-3-2-4-9(10)8-14/h2-5H,6-8,14H2,1H3. The van der Waals surface area contributed by atoms with Gasteiger partial charge in [0.25, 0.3) is 0 Å². The summed E-state index contributed by atoms with van der Waals surface area (Å²) >= 11 is 1.44. The Balaban J connectivity index is 2.50. The maximum atomic E-state index is 12.6. The first kappa shape index (κ1) is 12.5. The molecule has 0 atom stereocenters. The molecule has 1 aromatic rings. The molecule has 0 spiro atoms.